The number of sulfonamides is 1. The lowest BCUT2D eigenvalue weighted by Gasteiger charge is -2.31. The number of fused-ring (bicyclic) bond motifs is 1. The normalized spacial score (nSPS) is 18.7. The first-order valence-electron chi connectivity index (χ1n) is 7.94. The van der Waals surface area contributed by atoms with Gasteiger partial charge in [-0.3, -0.25) is 4.98 Å². The molecule has 0 amide bonds. The van der Waals surface area contributed by atoms with Crippen molar-refractivity contribution < 1.29 is 17.9 Å². The Morgan fingerprint density at radius 3 is 2.46 bits per heavy atom. The van der Waals surface area contributed by atoms with Gasteiger partial charge in [-0.1, -0.05) is 0 Å². The van der Waals surface area contributed by atoms with Gasteiger partial charge in [0.05, 0.1) is 4.90 Å². The Morgan fingerprint density at radius 1 is 1.00 bits per heavy atom. The van der Waals surface area contributed by atoms with Gasteiger partial charge in [-0.05, 0) is 48.6 Å². The third kappa shape index (κ3) is 2.74. The van der Waals surface area contributed by atoms with E-state index >= 15 is 0 Å². The molecule has 4 rings (SSSR count). The van der Waals surface area contributed by atoms with E-state index < -0.39 is 10.0 Å². The summed E-state index contributed by atoms with van der Waals surface area (Å²) in [5, 5.41) is 0. The van der Waals surface area contributed by atoms with Crippen molar-refractivity contribution in [1.29, 1.82) is 0 Å². The minimum atomic E-state index is -3.50. The summed E-state index contributed by atoms with van der Waals surface area (Å²) in [5.74, 6) is 1.46. The van der Waals surface area contributed by atoms with Crippen LogP contribution in [0.4, 0.5) is 0 Å². The van der Waals surface area contributed by atoms with Gasteiger partial charge in [0.2, 0.25) is 16.8 Å². The van der Waals surface area contributed by atoms with Crippen molar-refractivity contribution in [2.75, 3.05) is 19.9 Å². The molecule has 2 aromatic rings. The van der Waals surface area contributed by atoms with Crippen molar-refractivity contribution in [1.82, 2.24) is 9.29 Å². The van der Waals surface area contributed by atoms with Crippen molar-refractivity contribution in [2.45, 2.75) is 23.7 Å². The number of pyridine rings is 1. The first-order valence-corrected chi connectivity index (χ1v) is 9.38. The number of benzene rings is 1. The summed E-state index contributed by atoms with van der Waals surface area (Å²) < 4.78 is 37.8. The predicted octanol–water partition coefficient (Wildman–Crippen LogP) is 2.38. The van der Waals surface area contributed by atoms with Crippen LogP contribution in [0.1, 0.15) is 24.3 Å². The fourth-order valence-electron chi connectivity index (χ4n) is 3.25. The molecule has 0 N–H and O–H groups in total. The minimum absolute atomic E-state index is 0.135. The van der Waals surface area contributed by atoms with Crippen molar-refractivity contribution in [3.05, 3.63) is 48.3 Å². The lowest BCUT2D eigenvalue weighted by molar-refractivity contribution is 0.174. The Balaban J connectivity index is 1.50. The van der Waals surface area contributed by atoms with Gasteiger partial charge in [-0.15, -0.1) is 0 Å². The van der Waals surface area contributed by atoms with E-state index in [4.69, 9.17) is 9.47 Å². The molecular weight excluding hydrogens is 328 g/mol. The summed E-state index contributed by atoms with van der Waals surface area (Å²) >= 11 is 0. The van der Waals surface area contributed by atoms with E-state index in [1.54, 1.807) is 34.9 Å². The number of piperidine rings is 1. The molecule has 1 saturated heterocycles. The third-order valence-corrected chi connectivity index (χ3v) is 6.51. The number of hydrogen-bond donors (Lipinski definition) is 0. The zero-order chi connectivity index (χ0) is 16.6. The summed E-state index contributed by atoms with van der Waals surface area (Å²) in [6.07, 6.45) is 5.19. The highest BCUT2D eigenvalue weighted by Gasteiger charge is 2.31. The van der Waals surface area contributed by atoms with Gasteiger partial charge in [-0.25, -0.2) is 8.42 Å². The van der Waals surface area contributed by atoms with Gasteiger partial charge >= 0.3 is 0 Å². The van der Waals surface area contributed by atoms with Crippen LogP contribution in [0.3, 0.4) is 0 Å². The fourth-order valence-corrected chi connectivity index (χ4v) is 4.74. The van der Waals surface area contributed by atoms with Crippen LogP contribution in [0.25, 0.3) is 0 Å². The molecule has 0 unspecified atom stereocenters. The lowest BCUT2D eigenvalue weighted by Crippen LogP contribution is -2.37. The second-order valence-electron chi connectivity index (χ2n) is 5.97. The van der Waals surface area contributed by atoms with Gasteiger partial charge < -0.3 is 9.47 Å². The van der Waals surface area contributed by atoms with E-state index in [1.165, 1.54) is 5.56 Å². The van der Waals surface area contributed by atoms with Gasteiger partial charge in [0, 0.05) is 31.5 Å². The lowest BCUT2D eigenvalue weighted by atomic mass is 9.91. The maximum absolute atomic E-state index is 12.8. The Kier molecular flexibility index (Phi) is 3.90. The quantitative estimate of drug-likeness (QED) is 0.853. The highest BCUT2D eigenvalue weighted by atomic mass is 32.2. The average molecular weight is 346 g/mol. The first kappa shape index (κ1) is 15.4. The van der Waals surface area contributed by atoms with Gasteiger partial charge in [-0.2, -0.15) is 4.31 Å². The molecule has 6 nitrogen and oxygen atoms in total. The average Bonchev–Trinajstić information content (AvgIpc) is 3.10. The van der Waals surface area contributed by atoms with Crippen LogP contribution in [-0.4, -0.2) is 37.6 Å². The molecule has 7 heteroatoms. The predicted molar refractivity (Wildman–Crippen MR) is 87.5 cm³/mol. The summed E-state index contributed by atoms with van der Waals surface area (Å²) in [6, 6.07) is 8.79. The standard InChI is InChI=1S/C17H18N2O4S/c20-24(21,15-1-2-16-17(11-15)23-12-22-16)19-9-5-14(6-10-19)13-3-7-18-8-4-13/h1-4,7-8,11,14H,5-6,9-10,12H2. The molecule has 1 aromatic carbocycles. The summed E-state index contributed by atoms with van der Waals surface area (Å²) in [5.41, 5.74) is 1.23. The second kappa shape index (κ2) is 6.07. The van der Waals surface area contributed by atoms with Gasteiger partial charge in [0.1, 0.15) is 0 Å². The topological polar surface area (TPSA) is 68.7 Å². The molecule has 3 heterocycles. The molecule has 1 aromatic heterocycles. The molecule has 0 aliphatic carbocycles. The molecule has 2 aliphatic heterocycles. The molecule has 2 aliphatic rings. The molecule has 126 valence electrons. The number of hydrogen-bond acceptors (Lipinski definition) is 5. The number of ether oxygens (including phenoxy) is 2. The van der Waals surface area contributed by atoms with Crippen LogP contribution in [0.2, 0.25) is 0 Å². The Bertz CT molecular complexity index is 831. The largest absolute Gasteiger partial charge is 0.454 e. The smallest absolute Gasteiger partial charge is 0.243 e. The zero-order valence-electron chi connectivity index (χ0n) is 13.1. The molecule has 0 saturated carbocycles. The van der Waals surface area contributed by atoms with Crippen molar-refractivity contribution in [3.63, 3.8) is 0 Å². The third-order valence-electron chi connectivity index (χ3n) is 4.61. The molecule has 1 fully saturated rings. The van der Waals surface area contributed by atoms with Gasteiger partial charge in [0.15, 0.2) is 11.5 Å². The number of rotatable bonds is 3. The monoisotopic (exact) mass is 346 g/mol. The summed E-state index contributed by atoms with van der Waals surface area (Å²) in [4.78, 5) is 4.29. The van der Waals surface area contributed by atoms with Crippen LogP contribution in [0, 0.1) is 0 Å². The van der Waals surface area contributed by atoms with E-state index in [2.05, 4.69) is 4.98 Å². The Labute approximate surface area is 141 Å². The van der Waals surface area contributed by atoms with Gasteiger partial charge in [0.25, 0.3) is 0 Å². The second-order valence-corrected chi connectivity index (χ2v) is 7.91. The number of aromatic nitrogens is 1. The summed E-state index contributed by atoms with van der Waals surface area (Å²) in [6.45, 7) is 1.17. The van der Waals surface area contributed by atoms with E-state index in [-0.39, 0.29) is 11.7 Å². The molecule has 24 heavy (non-hydrogen) atoms. The minimum Gasteiger partial charge on any atom is -0.454 e. The van der Waals surface area contributed by atoms with Crippen LogP contribution >= 0.6 is 0 Å². The van der Waals surface area contributed by atoms with Crippen LogP contribution in [0.15, 0.2) is 47.6 Å². The van der Waals surface area contributed by atoms with Crippen molar-refractivity contribution >= 4 is 10.0 Å². The molecule has 0 spiro atoms. The molecule has 0 bridgehead atoms. The van der Waals surface area contributed by atoms with Crippen LogP contribution < -0.4 is 9.47 Å². The van der Waals surface area contributed by atoms with Crippen LogP contribution in [-0.2, 0) is 10.0 Å². The fraction of sp³-hybridized carbons (Fsp3) is 0.353. The Morgan fingerprint density at radius 2 is 1.71 bits per heavy atom. The first-order chi connectivity index (χ1) is 11.6. The number of nitrogens with zero attached hydrogens (tertiary/aromatic N) is 2. The molecule has 0 radical (unpaired) electrons. The highest BCUT2D eigenvalue weighted by molar-refractivity contribution is 7.89. The van der Waals surface area contributed by atoms with E-state index in [0.717, 1.165) is 12.8 Å². The summed E-state index contributed by atoms with van der Waals surface area (Å²) in [7, 11) is -3.50. The highest BCUT2D eigenvalue weighted by Crippen LogP contribution is 2.36. The Hall–Kier alpha value is -2.12. The molecule has 0 atom stereocenters. The maximum Gasteiger partial charge on any atom is 0.243 e. The van der Waals surface area contributed by atoms with E-state index in [1.807, 2.05) is 12.1 Å². The SMILES string of the molecule is O=S(=O)(c1ccc2c(c1)OCO2)N1CCC(c2ccncc2)CC1. The van der Waals surface area contributed by atoms with E-state index in [9.17, 15) is 8.42 Å². The van der Waals surface area contributed by atoms with Crippen molar-refractivity contribution in [3.8, 4) is 11.5 Å². The maximum atomic E-state index is 12.8. The van der Waals surface area contributed by atoms with Crippen molar-refractivity contribution in [2.24, 2.45) is 0 Å². The van der Waals surface area contributed by atoms with Crippen LogP contribution in [0.5, 0.6) is 11.5 Å². The molecular formula is C17H18N2O4S. The zero-order valence-corrected chi connectivity index (χ0v) is 13.9. The van der Waals surface area contributed by atoms with E-state index in [0.29, 0.717) is 30.5 Å².